The Bertz CT molecular complexity index is 508. The second-order valence-corrected chi connectivity index (χ2v) is 4.48. The van der Waals surface area contributed by atoms with Crippen molar-refractivity contribution in [2.75, 3.05) is 0 Å². The van der Waals surface area contributed by atoms with Crippen molar-refractivity contribution < 1.29 is 4.52 Å². The first kappa shape index (κ1) is 11.3. The third kappa shape index (κ3) is 2.01. The summed E-state index contributed by atoms with van der Waals surface area (Å²) in [6.45, 7) is 3.83. The fraction of sp³-hybridized carbons (Fsp3) is 0.273. The lowest BCUT2D eigenvalue weighted by Gasteiger charge is -2.01. The second kappa shape index (κ2) is 4.35. The molecule has 1 aromatic carbocycles. The van der Waals surface area contributed by atoms with Gasteiger partial charge in [0, 0.05) is 4.47 Å². The molecule has 0 aliphatic heterocycles. The SMILES string of the molecule is Cc1cccc(-c2nc(C(C)N)no2)c1Br. The highest BCUT2D eigenvalue weighted by Gasteiger charge is 2.14. The first-order valence-electron chi connectivity index (χ1n) is 4.94. The molecule has 2 aromatic rings. The van der Waals surface area contributed by atoms with Crippen LogP contribution in [-0.2, 0) is 0 Å². The Kier molecular flexibility index (Phi) is 3.07. The Balaban J connectivity index is 2.47. The number of hydrogen-bond donors (Lipinski definition) is 1. The zero-order valence-electron chi connectivity index (χ0n) is 9.07. The zero-order valence-corrected chi connectivity index (χ0v) is 10.7. The molecule has 1 aromatic heterocycles. The van der Waals surface area contributed by atoms with Crippen LogP contribution in [0.1, 0.15) is 24.4 Å². The maximum Gasteiger partial charge on any atom is 0.259 e. The minimum Gasteiger partial charge on any atom is -0.334 e. The number of nitrogens with zero attached hydrogens (tertiary/aromatic N) is 2. The molecular weight excluding hydrogens is 270 g/mol. The number of halogens is 1. The van der Waals surface area contributed by atoms with Gasteiger partial charge in [0.15, 0.2) is 5.82 Å². The minimum atomic E-state index is -0.221. The van der Waals surface area contributed by atoms with Crippen molar-refractivity contribution in [3.05, 3.63) is 34.1 Å². The average Bonchev–Trinajstić information content (AvgIpc) is 2.71. The van der Waals surface area contributed by atoms with Gasteiger partial charge in [-0.15, -0.1) is 0 Å². The van der Waals surface area contributed by atoms with Crippen molar-refractivity contribution in [3.63, 3.8) is 0 Å². The summed E-state index contributed by atoms with van der Waals surface area (Å²) in [4.78, 5) is 4.25. The number of rotatable bonds is 2. The number of aryl methyl sites for hydroxylation is 1. The normalized spacial score (nSPS) is 12.8. The average molecular weight is 282 g/mol. The van der Waals surface area contributed by atoms with Crippen molar-refractivity contribution in [2.24, 2.45) is 5.73 Å². The van der Waals surface area contributed by atoms with Gasteiger partial charge in [0.25, 0.3) is 5.89 Å². The molecule has 0 saturated heterocycles. The summed E-state index contributed by atoms with van der Waals surface area (Å²) >= 11 is 3.50. The van der Waals surface area contributed by atoms with Gasteiger partial charge in [0.1, 0.15) is 0 Å². The van der Waals surface area contributed by atoms with Crippen molar-refractivity contribution in [1.29, 1.82) is 0 Å². The van der Waals surface area contributed by atoms with Crippen molar-refractivity contribution in [1.82, 2.24) is 10.1 Å². The Hall–Kier alpha value is -1.20. The van der Waals surface area contributed by atoms with Crippen LogP contribution in [0.25, 0.3) is 11.5 Å². The van der Waals surface area contributed by atoms with E-state index in [9.17, 15) is 0 Å². The van der Waals surface area contributed by atoms with E-state index in [0.29, 0.717) is 11.7 Å². The molecular formula is C11H12BrN3O. The van der Waals surface area contributed by atoms with Crippen LogP contribution in [0, 0.1) is 6.92 Å². The number of nitrogens with two attached hydrogens (primary N) is 1. The summed E-state index contributed by atoms with van der Waals surface area (Å²) in [5.74, 6) is 1.01. The van der Waals surface area contributed by atoms with Gasteiger partial charge in [-0.3, -0.25) is 0 Å². The standard InChI is InChI=1S/C11H12BrN3O/c1-6-4-3-5-8(9(6)12)11-14-10(7(2)13)15-16-11/h3-5,7H,13H2,1-2H3. The quantitative estimate of drug-likeness (QED) is 0.919. The summed E-state index contributed by atoms with van der Waals surface area (Å²) in [5, 5.41) is 3.83. The minimum absolute atomic E-state index is 0.221. The van der Waals surface area contributed by atoms with Crippen LogP contribution in [0.3, 0.4) is 0 Å². The van der Waals surface area contributed by atoms with Crippen LogP contribution >= 0.6 is 15.9 Å². The zero-order chi connectivity index (χ0) is 11.7. The van der Waals surface area contributed by atoms with Crippen molar-refractivity contribution in [2.45, 2.75) is 19.9 Å². The fourth-order valence-electron chi connectivity index (χ4n) is 1.34. The van der Waals surface area contributed by atoms with Gasteiger partial charge < -0.3 is 10.3 Å². The lowest BCUT2D eigenvalue weighted by molar-refractivity contribution is 0.418. The Labute approximate surface area is 102 Å². The van der Waals surface area contributed by atoms with Crippen molar-refractivity contribution in [3.8, 4) is 11.5 Å². The summed E-state index contributed by atoms with van der Waals surface area (Å²) in [6, 6.07) is 5.66. The topological polar surface area (TPSA) is 64.9 Å². The first-order valence-corrected chi connectivity index (χ1v) is 5.73. The molecule has 2 rings (SSSR count). The van der Waals surface area contributed by atoms with E-state index in [1.807, 2.05) is 32.0 Å². The number of hydrogen-bond acceptors (Lipinski definition) is 4. The molecule has 1 heterocycles. The fourth-order valence-corrected chi connectivity index (χ4v) is 1.78. The van der Waals surface area contributed by atoms with Gasteiger partial charge in [0.2, 0.25) is 0 Å². The molecule has 0 bridgehead atoms. The molecule has 0 aliphatic carbocycles. The van der Waals surface area contributed by atoms with Gasteiger partial charge in [-0.25, -0.2) is 0 Å². The van der Waals surface area contributed by atoms with E-state index in [-0.39, 0.29) is 6.04 Å². The van der Waals surface area contributed by atoms with E-state index in [1.54, 1.807) is 0 Å². The smallest absolute Gasteiger partial charge is 0.259 e. The highest BCUT2D eigenvalue weighted by atomic mass is 79.9. The second-order valence-electron chi connectivity index (χ2n) is 3.68. The van der Waals surface area contributed by atoms with Gasteiger partial charge >= 0.3 is 0 Å². The third-order valence-electron chi connectivity index (χ3n) is 2.27. The maximum atomic E-state index is 5.68. The lowest BCUT2D eigenvalue weighted by atomic mass is 10.1. The maximum absolute atomic E-state index is 5.68. The van der Waals surface area contributed by atoms with Crippen LogP contribution < -0.4 is 5.73 Å². The summed E-state index contributed by atoms with van der Waals surface area (Å²) in [5.41, 5.74) is 7.69. The molecule has 16 heavy (non-hydrogen) atoms. The number of benzene rings is 1. The van der Waals surface area contributed by atoms with E-state index in [2.05, 4.69) is 26.1 Å². The molecule has 2 N–H and O–H groups in total. The molecule has 5 heteroatoms. The summed E-state index contributed by atoms with van der Waals surface area (Å²) in [6.07, 6.45) is 0. The predicted octanol–water partition coefficient (Wildman–Crippen LogP) is 2.83. The van der Waals surface area contributed by atoms with E-state index < -0.39 is 0 Å². The largest absolute Gasteiger partial charge is 0.334 e. The monoisotopic (exact) mass is 281 g/mol. The lowest BCUT2D eigenvalue weighted by Crippen LogP contribution is -2.06. The number of aromatic nitrogens is 2. The Morgan fingerprint density at radius 1 is 1.44 bits per heavy atom. The molecule has 0 spiro atoms. The molecule has 4 nitrogen and oxygen atoms in total. The predicted molar refractivity (Wildman–Crippen MR) is 64.8 cm³/mol. The van der Waals surface area contributed by atoms with Crippen molar-refractivity contribution >= 4 is 15.9 Å². The molecule has 0 aliphatic rings. The highest BCUT2D eigenvalue weighted by molar-refractivity contribution is 9.10. The molecule has 1 atom stereocenters. The third-order valence-corrected chi connectivity index (χ3v) is 3.32. The molecule has 1 unspecified atom stereocenters. The van der Waals surface area contributed by atoms with Crippen LogP contribution in [0.5, 0.6) is 0 Å². The summed E-state index contributed by atoms with van der Waals surface area (Å²) in [7, 11) is 0. The van der Waals surface area contributed by atoms with Crippen LogP contribution in [0.15, 0.2) is 27.2 Å². The van der Waals surface area contributed by atoms with Gasteiger partial charge in [-0.2, -0.15) is 4.98 Å². The summed E-state index contributed by atoms with van der Waals surface area (Å²) < 4.78 is 6.14. The molecule has 84 valence electrons. The first-order chi connectivity index (χ1) is 7.59. The van der Waals surface area contributed by atoms with Crippen LogP contribution in [0.2, 0.25) is 0 Å². The molecule has 0 saturated carbocycles. The van der Waals surface area contributed by atoms with Crippen LogP contribution in [-0.4, -0.2) is 10.1 Å². The van der Waals surface area contributed by atoms with E-state index in [4.69, 9.17) is 10.3 Å². The molecule has 0 radical (unpaired) electrons. The van der Waals surface area contributed by atoms with E-state index in [1.165, 1.54) is 0 Å². The Morgan fingerprint density at radius 2 is 2.19 bits per heavy atom. The van der Waals surface area contributed by atoms with Gasteiger partial charge in [0.05, 0.1) is 11.6 Å². The molecule has 0 fully saturated rings. The molecule has 0 amide bonds. The van der Waals surface area contributed by atoms with Gasteiger partial charge in [-0.05, 0) is 41.4 Å². The highest BCUT2D eigenvalue weighted by Crippen LogP contribution is 2.29. The Morgan fingerprint density at radius 3 is 2.81 bits per heavy atom. The van der Waals surface area contributed by atoms with E-state index in [0.717, 1.165) is 15.6 Å². The van der Waals surface area contributed by atoms with Crippen LogP contribution in [0.4, 0.5) is 0 Å². The van der Waals surface area contributed by atoms with Gasteiger partial charge in [-0.1, -0.05) is 17.3 Å². The van der Waals surface area contributed by atoms with E-state index >= 15 is 0 Å².